The van der Waals surface area contributed by atoms with Gasteiger partial charge in [0.05, 0.1) is 6.07 Å². The second kappa shape index (κ2) is 6.75. The Kier molecular flexibility index (Phi) is 5.61. The second-order valence-electron chi connectivity index (χ2n) is 5.73. The number of carbonyl (C=O) groups is 1. The summed E-state index contributed by atoms with van der Waals surface area (Å²) in [6.07, 6.45) is 4.87. The molecule has 0 bridgehead atoms. The Labute approximate surface area is 110 Å². The second-order valence-corrected chi connectivity index (χ2v) is 5.73. The van der Waals surface area contributed by atoms with Crippen molar-refractivity contribution in [1.82, 2.24) is 10.2 Å². The Morgan fingerprint density at radius 3 is 2.83 bits per heavy atom. The number of carbonyl (C=O) groups excluding carboxylic acids is 1. The zero-order valence-electron chi connectivity index (χ0n) is 11.8. The molecule has 4 heteroatoms. The highest BCUT2D eigenvalue weighted by molar-refractivity contribution is 5.84. The minimum absolute atomic E-state index is 0.170. The summed E-state index contributed by atoms with van der Waals surface area (Å²) in [5.41, 5.74) is -0.918. The van der Waals surface area contributed by atoms with Crippen LogP contribution < -0.4 is 5.32 Å². The number of amides is 1. The predicted octanol–water partition coefficient (Wildman–Crippen LogP) is 1.92. The van der Waals surface area contributed by atoms with Gasteiger partial charge in [-0.1, -0.05) is 6.42 Å². The minimum Gasteiger partial charge on any atom is -0.355 e. The summed E-state index contributed by atoms with van der Waals surface area (Å²) in [5, 5.41) is 11.7. The van der Waals surface area contributed by atoms with Crippen LogP contribution in [0.1, 0.15) is 46.5 Å². The highest BCUT2D eigenvalue weighted by Crippen LogP contribution is 2.16. The molecule has 0 aromatic heterocycles. The molecule has 1 aliphatic rings. The fraction of sp³-hybridized carbons (Fsp3) is 0.857. The third kappa shape index (κ3) is 4.30. The summed E-state index contributed by atoms with van der Waals surface area (Å²) in [7, 11) is 0. The third-order valence-corrected chi connectivity index (χ3v) is 3.70. The molecule has 0 spiro atoms. The van der Waals surface area contributed by atoms with E-state index in [0.717, 1.165) is 13.0 Å². The molecule has 0 radical (unpaired) electrons. The average Bonchev–Trinajstić information content (AvgIpc) is 2.36. The smallest absolute Gasteiger partial charge is 0.239 e. The molecule has 0 aromatic carbocycles. The molecule has 18 heavy (non-hydrogen) atoms. The third-order valence-electron chi connectivity index (χ3n) is 3.70. The molecule has 102 valence electrons. The van der Waals surface area contributed by atoms with Gasteiger partial charge in [0.1, 0.15) is 5.41 Å². The number of likely N-dealkylation sites (tertiary alicyclic amines) is 1. The van der Waals surface area contributed by atoms with Gasteiger partial charge in [0, 0.05) is 19.1 Å². The van der Waals surface area contributed by atoms with Gasteiger partial charge >= 0.3 is 0 Å². The quantitative estimate of drug-likeness (QED) is 0.759. The van der Waals surface area contributed by atoms with Gasteiger partial charge in [0.25, 0.3) is 0 Å². The van der Waals surface area contributed by atoms with E-state index in [4.69, 9.17) is 5.26 Å². The molecule has 1 atom stereocenters. The van der Waals surface area contributed by atoms with Crippen LogP contribution in [0.4, 0.5) is 0 Å². The lowest BCUT2D eigenvalue weighted by molar-refractivity contribution is -0.126. The molecule has 1 saturated heterocycles. The Balaban J connectivity index is 2.19. The van der Waals surface area contributed by atoms with E-state index in [1.807, 2.05) is 6.07 Å². The summed E-state index contributed by atoms with van der Waals surface area (Å²) in [4.78, 5) is 14.2. The highest BCUT2D eigenvalue weighted by Gasteiger charge is 2.26. The van der Waals surface area contributed by atoms with Crippen LogP contribution in [0, 0.1) is 16.7 Å². The lowest BCUT2D eigenvalue weighted by Gasteiger charge is -2.33. The zero-order chi connectivity index (χ0) is 13.6. The maximum atomic E-state index is 11.7. The lowest BCUT2D eigenvalue weighted by atomic mass is 9.95. The van der Waals surface area contributed by atoms with E-state index in [0.29, 0.717) is 12.6 Å². The molecule has 1 fully saturated rings. The fourth-order valence-electron chi connectivity index (χ4n) is 2.25. The first-order valence-corrected chi connectivity index (χ1v) is 6.91. The Morgan fingerprint density at radius 1 is 1.50 bits per heavy atom. The van der Waals surface area contributed by atoms with Crippen molar-refractivity contribution in [3.8, 4) is 6.07 Å². The number of piperidine rings is 1. The number of nitrogens with zero attached hydrogens (tertiary/aromatic N) is 2. The summed E-state index contributed by atoms with van der Waals surface area (Å²) >= 11 is 0. The maximum Gasteiger partial charge on any atom is 0.239 e. The van der Waals surface area contributed by atoms with E-state index in [9.17, 15) is 4.79 Å². The maximum absolute atomic E-state index is 11.7. The van der Waals surface area contributed by atoms with Crippen molar-refractivity contribution in [2.24, 2.45) is 5.41 Å². The highest BCUT2D eigenvalue weighted by atomic mass is 16.2. The van der Waals surface area contributed by atoms with Crippen molar-refractivity contribution < 1.29 is 4.79 Å². The Morgan fingerprint density at radius 2 is 2.22 bits per heavy atom. The standard InChI is InChI=1S/C14H25N3O/c1-12-7-4-5-9-17(12)10-6-8-16-13(18)14(2,3)11-15/h12H,4-10H2,1-3H3,(H,16,18). The summed E-state index contributed by atoms with van der Waals surface area (Å²) < 4.78 is 0. The first-order valence-electron chi connectivity index (χ1n) is 6.91. The van der Waals surface area contributed by atoms with Crippen LogP contribution in [0.15, 0.2) is 0 Å². The van der Waals surface area contributed by atoms with Crippen molar-refractivity contribution in [1.29, 1.82) is 5.26 Å². The molecule has 1 heterocycles. The van der Waals surface area contributed by atoms with E-state index in [-0.39, 0.29) is 5.91 Å². The van der Waals surface area contributed by atoms with Crippen LogP contribution in [0.3, 0.4) is 0 Å². The lowest BCUT2D eigenvalue weighted by Crippen LogP contribution is -2.40. The summed E-state index contributed by atoms with van der Waals surface area (Å²) in [5.74, 6) is -0.170. The van der Waals surface area contributed by atoms with Crippen LogP contribution in [0.5, 0.6) is 0 Å². The molecular formula is C14H25N3O. The van der Waals surface area contributed by atoms with E-state index in [2.05, 4.69) is 17.1 Å². The largest absolute Gasteiger partial charge is 0.355 e. The van der Waals surface area contributed by atoms with Crippen molar-refractivity contribution in [2.45, 2.75) is 52.5 Å². The van der Waals surface area contributed by atoms with E-state index in [1.165, 1.54) is 25.8 Å². The molecular weight excluding hydrogens is 226 g/mol. The number of hydrogen-bond acceptors (Lipinski definition) is 3. The van der Waals surface area contributed by atoms with E-state index < -0.39 is 5.41 Å². The number of rotatable bonds is 5. The van der Waals surface area contributed by atoms with Crippen molar-refractivity contribution >= 4 is 5.91 Å². The van der Waals surface area contributed by atoms with Crippen LogP contribution in [-0.4, -0.2) is 36.5 Å². The van der Waals surface area contributed by atoms with E-state index in [1.54, 1.807) is 13.8 Å². The van der Waals surface area contributed by atoms with E-state index >= 15 is 0 Å². The molecule has 0 saturated carbocycles. The Hall–Kier alpha value is -1.08. The van der Waals surface area contributed by atoms with Gasteiger partial charge in [0.2, 0.25) is 5.91 Å². The molecule has 4 nitrogen and oxygen atoms in total. The number of hydrogen-bond donors (Lipinski definition) is 1. The van der Waals surface area contributed by atoms with Crippen molar-refractivity contribution in [2.75, 3.05) is 19.6 Å². The monoisotopic (exact) mass is 251 g/mol. The summed E-state index contributed by atoms with van der Waals surface area (Å²) in [6.45, 7) is 8.45. The van der Waals surface area contributed by atoms with Crippen LogP contribution >= 0.6 is 0 Å². The van der Waals surface area contributed by atoms with Crippen molar-refractivity contribution in [3.05, 3.63) is 0 Å². The van der Waals surface area contributed by atoms with Gasteiger partial charge in [-0.3, -0.25) is 4.79 Å². The van der Waals surface area contributed by atoms with Gasteiger partial charge in [-0.25, -0.2) is 0 Å². The predicted molar refractivity (Wildman–Crippen MR) is 71.9 cm³/mol. The molecule has 0 aromatic rings. The Bertz CT molecular complexity index is 319. The zero-order valence-corrected chi connectivity index (χ0v) is 11.8. The first kappa shape index (κ1) is 15.0. The van der Waals surface area contributed by atoms with Gasteiger partial charge in [0.15, 0.2) is 0 Å². The number of nitriles is 1. The van der Waals surface area contributed by atoms with Gasteiger partial charge in [-0.15, -0.1) is 0 Å². The SMILES string of the molecule is CC1CCCCN1CCCNC(=O)C(C)(C)C#N. The molecule has 1 N–H and O–H groups in total. The average molecular weight is 251 g/mol. The van der Waals surface area contributed by atoms with Gasteiger partial charge in [-0.2, -0.15) is 5.26 Å². The molecule has 1 rings (SSSR count). The molecule has 1 unspecified atom stereocenters. The number of nitrogens with one attached hydrogen (secondary N) is 1. The first-order chi connectivity index (χ1) is 8.47. The van der Waals surface area contributed by atoms with Crippen LogP contribution in [0.2, 0.25) is 0 Å². The molecule has 0 aliphatic carbocycles. The molecule has 1 aliphatic heterocycles. The van der Waals surface area contributed by atoms with Crippen LogP contribution in [-0.2, 0) is 4.79 Å². The topological polar surface area (TPSA) is 56.1 Å². The minimum atomic E-state index is -0.918. The van der Waals surface area contributed by atoms with Crippen molar-refractivity contribution in [3.63, 3.8) is 0 Å². The normalized spacial score (nSPS) is 21.3. The fourth-order valence-corrected chi connectivity index (χ4v) is 2.25. The van der Waals surface area contributed by atoms with Gasteiger partial charge < -0.3 is 10.2 Å². The summed E-state index contributed by atoms with van der Waals surface area (Å²) in [6, 6.07) is 2.69. The molecule has 1 amide bonds. The van der Waals surface area contributed by atoms with Crippen LogP contribution in [0.25, 0.3) is 0 Å². The van der Waals surface area contributed by atoms with Gasteiger partial charge in [-0.05, 0) is 46.6 Å².